The van der Waals surface area contributed by atoms with Crippen LogP contribution < -0.4 is 15.0 Å². The minimum Gasteiger partial charge on any atom is -0.493 e. The van der Waals surface area contributed by atoms with Gasteiger partial charge in [0.05, 0.1) is 31.3 Å². The molecule has 1 aromatic heterocycles. The molecular weight excluding hydrogens is 546 g/mol. The van der Waals surface area contributed by atoms with Crippen LogP contribution in [0, 0.1) is 0 Å². The molecule has 0 aliphatic carbocycles. The second-order valence-corrected chi connectivity index (χ2v) is 8.87. The van der Waals surface area contributed by atoms with Crippen molar-refractivity contribution in [2.24, 2.45) is 5.10 Å². The second-order valence-electron chi connectivity index (χ2n) is 7.04. The summed E-state index contributed by atoms with van der Waals surface area (Å²) >= 11 is 6.82. The number of hydrogen-bond acceptors (Lipinski definition) is 7. The van der Waals surface area contributed by atoms with E-state index in [1.54, 1.807) is 24.3 Å². The van der Waals surface area contributed by atoms with E-state index in [0.29, 0.717) is 38.3 Å². The van der Waals surface area contributed by atoms with Crippen LogP contribution in [-0.2, 0) is 9.53 Å². The highest BCUT2D eigenvalue weighted by Gasteiger charge is 2.16. The zero-order chi connectivity index (χ0) is 23.4. The summed E-state index contributed by atoms with van der Waals surface area (Å²) in [4.78, 5) is 29.4. The van der Waals surface area contributed by atoms with Crippen molar-refractivity contribution >= 4 is 54.9 Å². The Hall–Kier alpha value is -2.72. The Bertz CT molecular complexity index is 1250. The maximum Gasteiger partial charge on any atom is 0.343 e. The van der Waals surface area contributed by atoms with Crippen molar-refractivity contribution in [3.8, 4) is 11.5 Å². The molecule has 0 saturated heterocycles. The molecule has 0 saturated carbocycles. The fourth-order valence-corrected chi connectivity index (χ4v) is 3.77. The molecule has 32 heavy (non-hydrogen) atoms. The molecule has 0 N–H and O–H groups in total. The van der Waals surface area contributed by atoms with E-state index in [1.165, 1.54) is 25.1 Å². The maximum atomic E-state index is 13.2. The van der Waals surface area contributed by atoms with Gasteiger partial charge in [-0.25, -0.2) is 9.78 Å². The van der Waals surface area contributed by atoms with Crippen molar-refractivity contribution in [3.63, 3.8) is 0 Å². The van der Waals surface area contributed by atoms with E-state index < -0.39 is 5.97 Å². The molecule has 0 amide bonds. The van der Waals surface area contributed by atoms with Gasteiger partial charge in [0.25, 0.3) is 5.56 Å². The first kappa shape index (κ1) is 23.9. The van der Waals surface area contributed by atoms with Gasteiger partial charge in [-0.05, 0) is 30.3 Å². The quantitative estimate of drug-likeness (QED) is 0.309. The number of methoxy groups -OCH3 is 2. The molecule has 0 fully saturated rings. The zero-order valence-electron chi connectivity index (χ0n) is 17.9. The summed E-state index contributed by atoms with van der Waals surface area (Å²) in [5, 5.41) is 4.87. The molecule has 2 aromatic carbocycles. The lowest BCUT2D eigenvalue weighted by Crippen LogP contribution is -2.23. The van der Waals surface area contributed by atoms with Gasteiger partial charge in [0, 0.05) is 20.4 Å². The Kier molecular flexibility index (Phi) is 7.68. The van der Waals surface area contributed by atoms with Crippen LogP contribution in [0.3, 0.4) is 0 Å². The highest BCUT2D eigenvalue weighted by Crippen LogP contribution is 2.34. The lowest BCUT2D eigenvalue weighted by molar-refractivity contribution is -0.142. The first-order chi connectivity index (χ1) is 15.2. The Morgan fingerprint density at radius 2 is 1.94 bits per heavy atom. The number of esters is 1. The molecule has 10 heteroatoms. The van der Waals surface area contributed by atoms with Crippen LogP contribution >= 0.6 is 31.9 Å². The van der Waals surface area contributed by atoms with Crippen molar-refractivity contribution in [1.29, 1.82) is 0 Å². The standard InChI is InChI=1S/C22H21Br2N3O5/c1-12(2)21-26-17-6-5-14(23)8-16(17)22(29)27(21)25-10-13-7-15(24)9-18(30-3)20(13)32-11-19(28)31-4/h5-10,12H,11H2,1-4H3. The number of benzene rings is 2. The first-order valence-electron chi connectivity index (χ1n) is 9.58. The number of aromatic nitrogens is 2. The number of halogens is 2. The minimum absolute atomic E-state index is 0.0556. The fraction of sp³-hybridized carbons (Fsp3) is 0.273. The Morgan fingerprint density at radius 3 is 2.59 bits per heavy atom. The summed E-state index contributed by atoms with van der Waals surface area (Å²) in [6.07, 6.45) is 1.47. The van der Waals surface area contributed by atoms with E-state index in [0.717, 1.165) is 4.47 Å². The largest absolute Gasteiger partial charge is 0.493 e. The summed E-state index contributed by atoms with van der Waals surface area (Å²) in [6, 6.07) is 8.78. The SMILES string of the molecule is COC(=O)COc1c(C=Nn2c(C(C)C)nc3ccc(Br)cc3c2=O)cc(Br)cc1OC. The summed E-state index contributed by atoms with van der Waals surface area (Å²) in [6.45, 7) is 3.56. The fourth-order valence-electron chi connectivity index (χ4n) is 2.95. The van der Waals surface area contributed by atoms with Crippen LogP contribution in [0.2, 0.25) is 0 Å². The predicted molar refractivity (Wildman–Crippen MR) is 129 cm³/mol. The molecule has 0 radical (unpaired) electrons. The van der Waals surface area contributed by atoms with Gasteiger partial charge in [0.15, 0.2) is 18.1 Å². The monoisotopic (exact) mass is 565 g/mol. The van der Waals surface area contributed by atoms with Gasteiger partial charge in [-0.15, -0.1) is 0 Å². The average Bonchev–Trinajstić information content (AvgIpc) is 2.77. The number of hydrogen-bond donors (Lipinski definition) is 0. The number of ether oxygens (including phenoxy) is 3. The number of rotatable bonds is 7. The second kappa shape index (κ2) is 10.3. The zero-order valence-corrected chi connectivity index (χ0v) is 21.1. The molecular formula is C22H21Br2N3O5. The van der Waals surface area contributed by atoms with Crippen LogP contribution in [0.15, 0.2) is 49.2 Å². The summed E-state index contributed by atoms with van der Waals surface area (Å²) in [5.74, 6) is 0.600. The molecule has 0 aliphatic rings. The molecule has 0 bridgehead atoms. The normalized spacial score (nSPS) is 11.3. The van der Waals surface area contributed by atoms with Crippen molar-refractivity contribution < 1.29 is 19.0 Å². The van der Waals surface area contributed by atoms with Gasteiger partial charge in [-0.3, -0.25) is 4.79 Å². The van der Waals surface area contributed by atoms with E-state index in [9.17, 15) is 9.59 Å². The van der Waals surface area contributed by atoms with Crippen LogP contribution in [0.5, 0.6) is 11.5 Å². The van der Waals surface area contributed by atoms with E-state index in [2.05, 4.69) is 46.7 Å². The van der Waals surface area contributed by atoms with Crippen molar-refractivity contribution in [2.45, 2.75) is 19.8 Å². The first-order valence-corrected chi connectivity index (χ1v) is 11.2. The summed E-state index contributed by atoms with van der Waals surface area (Å²) < 4.78 is 18.4. The molecule has 8 nitrogen and oxygen atoms in total. The predicted octanol–water partition coefficient (Wildman–Crippen LogP) is 4.49. The Labute approximate surface area is 201 Å². The molecule has 0 aliphatic heterocycles. The van der Waals surface area contributed by atoms with E-state index in [1.807, 2.05) is 19.9 Å². The molecule has 0 unspecified atom stereocenters. The molecule has 3 aromatic rings. The molecule has 1 heterocycles. The smallest absolute Gasteiger partial charge is 0.343 e. The lowest BCUT2D eigenvalue weighted by Gasteiger charge is -2.14. The number of carbonyl (C=O) groups excluding carboxylic acids is 1. The van der Waals surface area contributed by atoms with E-state index >= 15 is 0 Å². The summed E-state index contributed by atoms with van der Waals surface area (Å²) in [5.41, 5.74) is 0.797. The van der Waals surface area contributed by atoms with Crippen molar-refractivity contribution in [3.05, 3.63) is 61.0 Å². The third kappa shape index (κ3) is 5.18. The molecule has 0 spiro atoms. The Balaban J connectivity index is 2.15. The van der Waals surface area contributed by atoms with E-state index in [4.69, 9.17) is 9.47 Å². The topological polar surface area (TPSA) is 92.0 Å². The lowest BCUT2D eigenvalue weighted by atomic mass is 10.2. The van der Waals surface area contributed by atoms with Gasteiger partial charge in [0.1, 0.15) is 5.82 Å². The minimum atomic E-state index is -0.541. The maximum absolute atomic E-state index is 13.2. The molecule has 0 atom stereocenters. The summed E-state index contributed by atoms with van der Waals surface area (Å²) in [7, 11) is 2.76. The van der Waals surface area contributed by atoms with Gasteiger partial charge in [-0.2, -0.15) is 9.78 Å². The van der Waals surface area contributed by atoms with Crippen LogP contribution in [0.4, 0.5) is 0 Å². The van der Waals surface area contributed by atoms with Crippen LogP contribution in [-0.4, -0.2) is 42.7 Å². The van der Waals surface area contributed by atoms with E-state index in [-0.39, 0.29) is 18.1 Å². The highest BCUT2D eigenvalue weighted by atomic mass is 79.9. The molecule has 3 rings (SSSR count). The number of carbonyl (C=O) groups is 1. The number of nitrogens with zero attached hydrogens (tertiary/aromatic N) is 3. The average molecular weight is 567 g/mol. The highest BCUT2D eigenvalue weighted by molar-refractivity contribution is 9.10. The third-order valence-corrected chi connectivity index (χ3v) is 5.44. The Morgan fingerprint density at radius 1 is 1.19 bits per heavy atom. The molecule has 168 valence electrons. The number of fused-ring (bicyclic) bond motifs is 1. The van der Waals surface area contributed by atoms with Gasteiger partial charge in [-0.1, -0.05) is 45.7 Å². The van der Waals surface area contributed by atoms with Gasteiger partial charge < -0.3 is 14.2 Å². The third-order valence-electron chi connectivity index (χ3n) is 4.49. The van der Waals surface area contributed by atoms with Crippen molar-refractivity contribution in [1.82, 2.24) is 9.66 Å². The van der Waals surface area contributed by atoms with Crippen molar-refractivity contribution in [2.75, 3.05) is 20.8 Å². The van der Waals surface area contributed by atoms with Crippen LogP contribution in [0.1, 0.15) is 31.2 Å². The van der Waals surface area contributed by atoms with Gasteiger partial charge in [0.2, 0.25) is 0 Å². The van der Waals surface area contributed by atoms with Gasteiger partial charge >= 0.3 is 5.97 Å². The van der Waals surface area contributed by atoms with Crippen LogP contribution in [0.25, 0.3) is 10.9 Å².